The fourth-order valence-electron chi connectivity index (χ4n) is 6.30. The summed E-state index contributed by atoms with van der Waals surface area (Å²) in [5, 5.41) is 34.5. The molecule has 0 radical (unpaired) electrons. The highest BCUT2D eigenvalue weighted by molar-refractivity contribution is 5.92. The molecule has 8 N–H and O–H groups in total. The molecular formula is C59H110F2N6O13. The minimum absolute atomic E-state index is 0. The molecule has 2 rings (SSSR count). The lowest BCUT2D eigenvalue weighted by Crippen LogP contribution is -2.46. The fourth-order valence-corrected chi connectivity index (χ4v) is 6.30. The smallest absolute Gasteiger partial charge is 0.309 e. The number of carboxylic acid groups (broad SMARTS) is 2. The third-order valence-corrected chi connectivity index (χ3v) is 11.3. The molecule has 468 valence electrons. The number of rotatable bonds is 27. The van der Waals surface area contributed by atoms with Crippen LogP contribution in [0.1, 0.15) is 150 Å². The summed E-state index contributed by atoms with van der Waals surface area (Å²) in [7, 11) is 7.70. The van der Waals surface area contributed by atoms with E-state index < -0.39 is 78.9 Å². The lowest BCUT2D eigenvalue weighted by Gasteiger charge is -2.24. The van der Waals surface area contributed by atoms with Gasteiger partial charge in [0, 0.05) is 78.9 Å². The number of halogens is 2. The topological polar surface area (TPSA) is 292 Å². The van der Waals surface area contributed by atoms with Crippen molar-refractivity contribution < 1.29 is 72.0 Å². The first-order valence-corrected chi connectivity index (χ1v) is 24.1. The Hall–Kier alpha value is -6.35. The molecule has 2 aromatic rings. The van der Waals surface area contributed by atoms with Gasteiger partial charge in [-0.3, -0.25) is 43.2 Å². The van der Waals surface area contributed by atoms with E-state index >= 15 is 0 Å². The van der Waals surface area contributed by atoms with Crippen molar-refractivity contribution in [2.45, 2.75) is 170 Å². The second-order valence-electron chi connectivity index (χ2n) is 18.6. The quantitative estimate of drug-likeness (QED) is 0.0412. The molecule has 80 heavy (non-hydrogen) atoms. The SMILES string of the molecule is C.C.C.C.C.C.C.CC(C)[C@H](CC(=O)NCc1ccccc1)C(=O)NC(CCC(=O)N(C)C)C(=O)CF.CC(C)[C@H](CC(=O)NCc1ccccc1)C(=O)O.CN(C)C(=O)CCC(N)C(O)CF.COC(=O)[C@@H](CC(=O)O)C(C)C. The van der Waals surface area contributed by atoms with Crippen molar-refractivity contribution in [3.05, 3.63) is 71.8 Å². The number of ketones is 1. The van der Waals surface area contributed by atoms with E-state index in [0.29, 0.717) is 19.5 Å². The summed E-state index contributed by atoms with van der Waals surface area (Å²) in [5.41, 5.74) is 7.36. The zero-order chi connectivity index (χ0) is 56.4. The highest BCUT2D eigenvalue weighted by Gasteiger charge is 2.30. The van der Waals surface area contributed by atoms with Crippen LogP contribution in [-0.2, 0) is 61.0 Å². The number of carbonyl (C=O) groups excluding carboxylic acids is 7. The molecule has 6 atom stereocenters. The van der Waals surface area contributed by atoms with E-state index in [-0.39, 0.29) is 132 Å². The lowest BCUT2D eigenvalue weighted by molar-refractivity contribution is -0.152. The maximum atomic E-state index is 12.9. The van der Waals surface area contributed by atoms with Crippen molar-refractivity contribution in [1.82, 2.24) is 25.8 Å². The Morgan fingerprint density at radius 2 is 0.963 bits per heavy atom. The average Bonchev–Trinajstić information content (AvgIpc) is 3.35. The number of nitrogens with two attached hydrogens (primary N) is 1. The number of ether oxygens (including phenoxy) is 1. The van der Waals surface area contributed by atoms with E-state index in [1.54, 1.807) is 55.9 Å². The number of aliphatic carboxylic acids is 2. The van der Waals surface area contributed by atoms with Gasteiger partial charge in [-0.15, -0.1) is 0 Å². The zero-order valence-corrected chi connectivity index (χ0v) is 44.4. The minimum Gasteiger partial charge on any atom is -0.481 e. The van der Waals surface area contributed by atoms with Gasteiger partial charge in [0.05, 0.1) is 37.5 Å². The average molecular weight is 1150 g/mol. The van der Waals surface area contributed by atoms with Gasteiger partial charge < -0.3 is 51.5 Å². The van der Waals surface area contributed by atoms with Crippen LogP contribution in [0.15, 0.2) is 60.7 Å². The highest BCUT2D eigenvalue weighted by atomic mass is 19.1. The molecule has 0 bridgehead atoms. The number of nitrogens with one attached hydrogen (secondary N) is 3. The first-order chi connectivity index (χ1) is 34.1. The summed E-state index contributed by atoms with van der Waals surface area (Å²) in [6.07, 6.45) is -0.777. The molecule has 19 nitrogen and oxygen atoms in total. The number of carbonyl (C=O) groups is 9. The van der Waals surface area contributed by atoms with Gasteiger partial charge in [0.2, 0.25) is 29.5 Å². The Bertz CT molecular complexity index is 1980. The maximum Gasteiger partial charge on any atom is 0.309 e. The highest BCUT2D eigenvalue weighted by Crippen LogP contribution is 2.19. The number of esters is 1. The molecule has 0 saturated carbocycles. The third-order valence-electron chi connectivity index (χ3n) is 11.3. The van der Waals surface area contributed by atoms with Gasteiger partial charge in [-0.2, -0.15) is 0 Å². The van der Waals surface area contributed by atoms with Crippen molar-refractivity contribution in [2.24, 2.45) is 41.2 Å². The van der Waals surface area contributed by atoms with E-state index in [2.05, 4.69) is 20.7 Å². The molecule has 0 fully saturated rings. The summed E-state index contributed by atoms with van der Waals surface area (Å²) in [4.78, 5) is 107. The Morgan fingerprint density at radius 3 is 1.27 bits per heavy atom. The Morgan fingerprint density at radius 1 is 0.588 bits per heavy atom. The van der Waals surface area contributed by atoms with Gasteiger partial charge in [-0.1, -0.05) is 154 Å². The Kier molecular flexibility index (Phi) is 60.5. The summed E-state index contributed by atoms with van der Waals surface area (Å²) in [6, 6.07) is 17.2. The maximum absolute atomic E-state index is 12.9. The number of nitrogens with zero attached hydrogens (tertiary/aromatic N) is 2. The second kappa shape index (κ2) is 52.0. The molecule has 0 aliphatic heterocycles. The van der Waals surface area contributed by atoms with Crippen LogP contribution < -0.4 is 21.7 Å². The number of aliphatic hydroxyl groups is 1. The number of amides is 5. The van der Waals surface area contributed by atoms with Crippen molar-refractivity contribution >= 4 is 53.2 Å². The molecule has 0 aliphatic rings. The van der Waals surface area contributed by atoms with Crippen LogP contribution in [0.25, 0.3) is 0 Å². The summed E-state index contributed by atoms with van der Waals surface area (Å²) in [6.45, 7) is 9.50. The summed E-state index contributed by atoms with van der Waals surface area (Å²) < 4.78 is 29.3. The Labute approximate surface area is 480 Å². The van der Waals surface area contributed by atoms with Crippen LogP contribution in [0, 0.1) is 35.5 Å². The second-order valence-corrected chi connectivity index (χ2v) is 18.6. The number of carboxylic acids is 2. The van der Waals surface area contributed by atoms with Crippen LogP contribution in [0.4, 0.5) is 8.78 Å². The number of hydrogen-bond donors (Lipinski definition) is 7. The number of Topliss-reactive ketones (excluding diaryl/α,β-unsaturated/α-hetero) is 1. The largest absolute Gasteiger partial charge is 0.481 e. The third kappa shape index (κ3) is 42.6. The van der Waals surface area contributed by atoms with E-state index in [1.807, 2.05) is 74.5 Å². The predicted octanol–water partition coefficient (Wildman–Crippen LogP) is 8.78. The number of alkyl halides is 2. The molecule has 0 spiro atoms. The van der Waals surface area contributed by atoms with Crippen LogP contribution in [0.3, 0.4) is 0 Å². The number of benzene rings is 2. The molecule has 3 unspecified atom stereocenters. The first kappa shape index (κ1) is 93.0. The molecule has 0 heterocycles. The standard InChI is InChI=1S/C22H32FN3O4.C14H19NO3.C8H17FN2O2.C8H14O4.7CH4/c1-15(2)17(12-20(28)24-14-16-8-6-5-7-9-16)22(30)25-18(19(27)13-23)10-11-21(29)26(3)4;1-10(2)12(14(17)18)8-13(16)15-9-11-6-4-3-5-7-11;1-11(2)8(13)4-3-6(10)7(12)5-9;1-5(2)6(4-7(9)10)8(11)12-3;;;;;;;/h5-9,15,17-18H,10-14H2,1-4H3,(H,24,28)(H,25,30);3-7,10,12H,8-9H2,1-2H3,(H,15,16)(H,17,18);6-7,12H,3-5,10H2,1-2H3;5-6H,4H2,1-3H3,(H,9,10);7*1H4/t17-,18?;12-;;6-;;;;;;;/m00.0......./s1. The van der Waals surface area contributed by atoms with E-state index in [1.165, 1.54) is 16.9 Å². The zero-order valence-electron chi connectivity index (χ0n) is 44.4. The summed E-state index contributed by atoms with van der Waals surface area (Å²) in [5.74, 6) is -6.49. The van der Waals surface area contributed by atoms with E-state index in [0.717, 1.165) is 11.1 Å². The minimum atomic E-state index is -1.23. The normalized spacial score (nSPS) is 11.9. The van der Waals surface area contributed by atoms with Crippen molar-refractivity contribution in [3.8, 4) is 0 Å². The van der Waals surface area contributed by atoms with Gasteiger partial charge in [-0.05, 0) is 41.7 Å². The van der Waals surface area contributed by atoms with Crippen LogP contribution in [-0.4, -0.2) is 145 Å². The number of aliphatic hydroxyl groups excluding tert-OH is 1. The Balaban J connectivity index is -0.000000125. The van der Waals surface area contributed by atoms with Gasteiger partial charge >= 0.3 is 17.9 Å². The molecule has 0 saturated heterocycles. The van der Waals surface area contributed by atoms with E-state index in [4.69, 9.17) is 21.1 Å². The van der Waals surface area contributed by atoms with Gasteiger partial charge in [0.1, 0.15) is 13.3 Å². The molecule has 5 amide bonds. The van der Waals surface area contributed by atoms with Gasteiger partial charge in [0.15, 0.2) is 5.78 Å². The molecule has 0 aliphatic carbocycles. The van der Waals surface area contributed by atoms with Crippen LogP contribution in [0.2, 0.25) is 0 Å². The first-order valence-electron chi connectivity index (χ1n) is 24.1. The van der Waals surface area contributed by atoms with Gasteiger partial charge in [0.25, 0.3) is 0 Å². The van der Waals surface area contributed by atoms with Crippen LogP contribution in [0.5, 0.6) is 0 Å². The molecule has 2 aromatic carbocycles. The van der Waals surface area contributed by atoms with Gasteiger partial charge in [-0.25, -0.2) is 8.78 Å². The van der Waals surface area contributed by atoms with Crippen molar-refractivity contribution in [1.29, 1.82) is 0 Å². The predicted molar refractivity (Wildman–Crippen MR) is 319 cm³/mol. The molecular weight excluding hydrogens is 1040 g/mol. The lowest BCUT2D eigenvalue weighted by atomic mass is 9.90. The van der Waals surface area contributed by atoms with Crippen molar-refractivity contribution in [3.63, 3.8) is 0 Å². The molecule has 21 heteroatoms. The summed E-state index contributed by atoms with van der Waals surface area (Å²) >= 11 is 0. The van der Waals surface area contributed by atoms with E-state index in [9.17, 15) is 51.9 Å². The fraction of sp³-hybridized carbons (Fsp3) is 0.644. The monoisotopic (exact) mass is 1150 g/mol. The number of methoxy groups -OCH3 is 1. The van der Waals surface area contributed by atoms with Crippen LogP contribution >= 0.6 is 0 Å². The number of hydrogen-bond acceptors (Lipinski definition) is 12. The van der Waals surface area contributed by atoms with Crippen molar-refractivity contribution in [2.75, 3.05) is 48.6 Å². The molecule has 0 aromatic heterocycles.